The van der Waals surface area contributed by atoms with Crippen molar-refractivity contribution in [2.75, 3.05) is 12.4 Å². The highest BCUT2D eigenvalue weighted by molar-refractivity contribution is 6.32. The summed E-state index contributed by atoms with van der Waals surface area (Å²) in [5.41, 5.74) is 7.72. The van der Waals surface area contributed by atoms with E-state index < -0.39 is 23.7 Å². The molecule has 2 aromatic carbocycles. The summed E-state index contributed by atoms with van der Waals surface area (Å²) in [7, 11) is 1.53. The molecule has 1 aliphatic carbocycles. The van der Waals surface area contributed by atoms with Crippen molar-refractivity contribution in [2.45, 2.75) is 31.1 Å². The number of amides is 1. The number of alkyl halides is 2. The second kappa shape index (κ2) is 9.51. The topological polar surface area (TPSA) is 121 Å². The van der Waals surface area contributed by atoms with Crippen LogP contribution in [0.4, 0.5) is 14.5 Å². The van der Waals surface area contributed by atoms with Gasteiger partial charge in [-0.2, -0.15) is 5.26 Å². The molecule has 0 saturated heterocycles. The van der Waals surface area contributed by atoms with E-state index in [1.807, 2.05) is 6.07 Å². The van der Waals surface area contributed by atoms with Gasteiger partial charge in [-0.1, -0.05) is 35.9 Å². The first kappa shape index (κ1) is 23.4. The zero-order chi connectivity index (χ0) is 23.5. The van der Waals surface area contributed by atoms with Crippen LogP contribution >= 0.6 is 11.6 Å². The summed E-state index contributed by atoms with van der Waals surface area (Å²) in [5, 5.41) is 17.0. The first-order chi connectivity index (χ1) is 15.1. The Morgan fingerprint density at radius 2 is 2.03 bits per heavy atom. The van der Waals surface area contributed by atoms with Crippen LogP contribution in [0.1, 0.15) is 41.9 Å². The van der Waals surface area contributed by atoms with Crippen molar-refractivity contribution in [3.63, 3.8) is 0 Å². The Kier molecular flexibility index (Phi) is 6.96. The van der Waals surface area contributed by atoms with Crippen LogP contribution in [0.25, 0.3) is 0 Å². The lowest BCUT2D eigenvalue weighted by atomic mass is 9.83. The normalized spacial score (nSPS) is 18.6. The molecule has 2 atom stereocenters. The van der Waals surface area contributed by atoms with E-state index in [1.165, 1.54) is 19.2 Å². The summed E-state index contributed by atoms with van der Waals surface area (Å²) in [6.07, 6.45) is -0.407. The van der Waals surface area contributed by atoms with Crippen LogP contribution in [0.15, 0.2) is 47.6 Å². The number of amidine groups is 1. The number of anilines is 1. The Bertz CT molecular complexity index is 1070. The molecule has 0 spiro atoms. The maximum absolute atomic E-state index is 14.0. The second-order valence-electron chi connectivity index (χ2n) is 7.81. The summed E-state index contributed by atoms with van der Waals surface area (Å²) in [6, 6.07) is 13.1. The molecule has 32 heavy (non-hydrogen) atoms. The van der Waals surface area contributed by atoms with Crippen molar-refractivity contribution < 1.29 is 13.6 Å². The number of benzene rings is 2. The Balaban J connectivity index is 1.90. The third-order valence-electron chi connectivity index (χ3n) is 5.38. The minimum Gasteiger partial charge on any atom is -0.382 e. The van der Waals surface area contributed by atoms with E-state index >= 15 is 0 Å². The molecular weight excluding hydrogens is 438 g/mol. The minimum absolute atomic E-state index is 0.183. The van der Waals surface area contributed by atoms with E-state index in [4.69, 9.17) is 28.4 Å². The van der Waals surface area contributed by atoms with Crippen molar-refractivity contribution in [2.24, 2.45) is 22.6 Å². The molecule has 1 amide bonds. The summed E-state index contributed by atoms with van der Waals surface area (Å²) in [5.74, 6) is 1.09. The zero-order valence-electron chi connectivity index (χ0n) is 17.4. The lowest BCUT2D eigenvalue weighted by Crippen LogP contribution is -2.28. The number of hydrogen-bond donors (Lipinski definition) is 3. The summed E-state index contributed by atoms with van der Waals surface area (Å²) in [6.45, 7) is 0. The Morgan fingerprint density at radius 1 is 1.34 bits per heavy atom. The summed E-state index contributed by atoms with van der Waals surface area (Å²) < 4.78 is 27.9. The molecule has 1 saturated carbocycles. The third-order valence-corrected chi connectivity index (χ3v) is 5.70. The molecule has 0 radical (unpaired) electrons. The smallest absolute Gasteiger partial charge is 0.248 e. The van der Waals surface area contributed by atoms with Crippen LogP contribution in [0.2, 0.25) is 5.02 Å². The van der Waals surface area contributed by atoms with Gasteiger partial charge in [-0.25, -0.2) is 19.7 Å². The number of carbonyl (C=O) groups is 1. The predicted molar refractivity (Wildman–Crippen MR) is 119 cm³/mol. The summed E-state index contributed by atoms with van der Waals surface area (Å²) >= 11 is 6.05. The van der Waals surface area contributed by atoms with Gasteiger partial charge in [0.05, 0.1) is 16.5 Å². The molecule has 168 valence electrons. The molecule has 0 heterocycles. The van der Waals surface area contributed by atoms with E-state index in [9.17, 15) is 13.6 Å². The van der Waals surface area contributed by atoms with Gasteiger partial charge in [-0.3, -0.25) is 4.79 Å². The number of rotatable bonds is 6. The van der Waals surface area contributed by atoms with Crippen LogP contribution in [-0.4, -0.2) is 29.8 Å². The fourth-order valence-electron chi connectivity index (χ4n) is 3.90. The van der Waals surface area contributed by atoms with E-state index in [0.717, 1.165) is 5.12 Å². The number of nitriles is 1. The van der Waals surface area contributed by atoms with Gasteiger partial charge in [0.1, 0.15) is 6.07 Å². The van der Waals surface area contributed by atoms with Gasteiger partial charge >= 0.3 is 0 Å². The van der Waals surface area contributed by atoms with Gasteiger partial charge in [-0.05, 0) is 36.1 Å². The maximum Gasteiger partial charge on any atom is 0.248 e. The Hall–Kier alpha value is -3.22. The largest absolute Gasteiger partial charge is 0.382 e. The number of nitrogens with two attached hydrogens (primary N) is 2. The van der Waals surface area contributed by atoms with Crippen LogP contribution in [0.3, 0.4) is 0 Å². The average Bonchev–Trinajstić information content (AvgIpc) is 3.07. The molecule has 0 bridgehead atoms. The van der Waals surface area contributed by atoms with Crippen molar-refractivity contribution in [3.05, 3.63) is 64.2 Å². The fraction of sp³-hybridized carbons (Fsp3) is 0.318. The van der Waals surface area contributed by atoms with Gasteiger partial charge in [0.2, 0.25) is 11.8 Å². The number of carbonyl (C=O) groups excluding carboxylic acids is 1. The monoisotopic (exact) mass is 460 g/mol. The lowest BCUT2D eigenvalue weighted by molar-refractivity contribution is -0.118. The number of hydrazine groups is 1. The summed E-state index contributed by atoms with van der Waals surface area (Å²) in [4.78, 5) is 13.2. The SMILES string of the molecule is CN(N)/N=C(\N)c1ccc(C(C(=O)Nc2ccc(C#N)c(Cl)c2)C2CCC(F)(F)C2)cc1. The van der Waals surface area contributed by atoms with Gasteiger partial charge in [0.15, 0.2) is 5.84 Å². The fourth-order valence-corrected chi connectivity index (χ4v) is 4.12. The highest BCUT2D eigenvalue weighted by atomic mass is 35.5. The van der Waals surface area contributed by atoms with Gasteiger partial charge in [-0.15, -0.1) is 5.10 Å². The van der Waals surface area contributed by atoms with Crippen molar-refractivity contribution in [1.29, 1.82) is 5.26 Å². The third kappa shape index (κ3) is 5.52. The molecular formula is C22H23ClF2N6O. The Morgan fingerprint density at radius 3 is 2.56 bits per heavy atom. The number of hydrogen-bond acceptors (Lipinski definition) is 5. The maximum atomic E-state index is 14.0. The molecule has 1 aliphatic rings. The number of halogens is 3. The highest BCUT2D eigenvalue weighted by Crippen LogP contribution is 2.45. The molecule has 2 aromatic rings. The van der Waals surface area contributed by atoms with E-state index in [1.54, 1.807) is 30.3 Å². The second-order valence-corrected chi connectivity index (χ2v) is 8.22. The molecule has 10 heteroatoms. The first-order valence-electron chi connectivity index (χ1n) is 9.91. The average molecular weight is 461 g/mol. The molecule has 2 unspecified atom stereocenters. The van der Waals surface area contributed by atoms with Crippen molar-refractivity contribution >= 4 is 29.0 Å². The number of hydrazone groups is 1. The van der Waals surface area contributed by atoms with Crippen LogP contribution in [0.5, 0.6) is 0 Å². The van der Waals surface area contributed by atoms with Gasteiger partial charge in [0, 0.05) is 31.1 Å². The molecule has 0 aliphatic heterocycles. The molecule has 3 rings (SSSR count). The lowest BCUT2D eigenvalue weighted by Gasteiger charge is -2.24. The van der Waals surface area contributed by atoms with E-state index in [2.05, 4.69) is 10.4 Å². The highest BCUT2D eigenvalue weighted by Gasteiger charge is 2.45. The first-order valence-corrected chi connectivity index (χ1v) is 10.3. The van der Waals surface area contributed by atoms with Crippen molar-refractivity contribution in [1.82, 2.24) is 5.12 Å². The Labute approximate surface area is 189 Å². The van der Waals surface area contributed by atoms with E-state index in [-0.39, 0.29) is 35.7 Å². The van der Waals surface area contributed by atoms with Gasteiger partial charge in [0.25, 0.3) is 0 Å². The standard InChI is InChI=1S/C22H23ClF2N6O/c1-31(28)30-20(27)14-4-2-13(3-5-14)19(15-8-9-22(24,25)11-15)21(32)29-17-7-6-16(12-26)18(23)10-17/h2-7,10,15,19H,8-9,11,28H2,1H3,(H2,27,30)(H,29,32). The van der Waals surface area contributed by atoms with E-state index in [0.29, 0.717) is 16.8 Å². The number of nitrogens with zero attached hydrogens (tertiary/aromatic N) is 3. The molecule has 7 nitrogen and oxygen atoms in total. The van der Waals surface area contributed by atoms with Gasteiger partial charge < -0.3 is 11.1 Å². The zero-order valence-corrected chi connectivity index (χ0v) is 18.1. The molecule has 1 fully saturated rings. The minimum atomic E-state index is -2.80. The molecule has 0 aromatic heterocycles. The molecule has 5 N–H and O–H groups in total. The van der Waals surface area contributed by atoms with Crippen LogP contribution in [-0.2, 0) is 4.79 Å². The quantitative estimate of drug-likeness (QED) is 0.262. The van der Waals surface area contributed by atoms with Crippen LogP contribution in [0, 0.1) is 17.2 Å². The van der Waals surface area contributed by atoms with Crippen molar-refractivity contribution in [3.8, 4) is 6.07 Å². The number of nitrogens with one attached hydrogen (secondary N) is 1. The van der Waals surface area contributed by atoms with Crippen LogP contribution < -0.4 is 16.9 Å². The predicted octanol–water partition coefficient (Wildman–Crippen LogP) is 3.80.